The Morgan fingerprint density at radius 2 is 1.63 bits per heavy atom. The molecule has 0 bridgehead atoms. The fourth-order valence-corrected chi connectivity index (χ4v) is 5.28. The quantitative estimate of drug-likeness (QED) is 0.270. The Balaban J connectivity index is 1.67. The molecule has 13 nitrogen and oxygen atoms in total. The van der Waals surface area contributed by atoms with E-state index in [9.17, 15) is 39.9 Å². The number of aliphatic carboxylic acids is 1. The van der Waals surface area contributed by atoms with Crippen molar-refractivity contribution in [2.75, 3.05) is 6.61 Å². The number of benzene rings is 1. The number of aliphatic hydroxyl groups excluding tert-OH is 4. The maximum atomic E-state index is 12.9. The summed E-state index contributed by atoms with van der Waals surface area (Å²) in [6, 6.07) is 7.99. The van der Waals surface area contributed by atoms with Crippen LogP contribution < -0.4 is 0 Å². The second-order valence-electron chi connectivity index (χ2n) is 9.49. The van der Waals surface area contributed by atoms with E-state index in [1.807, 2.05) is 0 Å². The van der Waals surface area contributed by atoms with Gasteiger partial charge in [-0.05, 0) is 12.1 Å². The van der Waals surface area contributed by atoms with E-state index in [4.69, 9.17) is 23.7 Å². The van der Waals surface area contributed by atoms with E-state index in [1.54, 1.807) is 25.1 Å². The van der Waals surface area contributed by atoms with Gasteiger partial charge in [-0.1, -0.05) is 25.1 Å². The van der Waals surface area contributed by atoms with Gasteiger partial charge >= 0.3 is 17.9 Å². The molecular weight excluding hydrogens is 508 g/mol. The molecule has 1 saturated carbocycles. The van der Waals surface area contributed by atoms with Gasteiger partial charge in [0.2, 0.25) is 6.29 Å². The Kier molecular flexibility index (Phi) is 8.35. The molecule has 0 amide bonds. The molecule has 1 aromatic carbocycles. The Bertz CT molecular complexity index is 1060. The van der Waals surface area contributed by atoms with Crippen molar-refractivity contribution in [2.24, 2.45) is 17.8 Å². The van der Waals surface area contributed by atoms with Crippen molar-refractivity contribution in [1.82, 2.24) is 0 Å². The van der Waals surface area contributed by atoms with E-state index >= 15 is 0 Å². The van der Waals surface area contributed by atoms with E-state index in [0.717, 1.165) is 13.2 Å². The van der Waals surface area contributed by atoms with Gasteiger partial charge in [-0.15, -0.1) is 0 Å². The summed E-state index contributed by atoms with van der Waals surface area (Å²) in [4.78, 5) is 37.1. The SMILES string of the molecule is CC(=O)O[C@@H]1[C@H](C)[C@H]2[C@@H](O[C@H]3O[C@@H](CO)[C@H](O)[C@@H](O)[C@@H]3O)OC=C(C(=O)O)[C@@H]2[C@@H]1OC(=O)c1ccccc1. The highest BCUT2D eigenvalue weighted by molar-refractivity contribution is 5.90. The van der Waals surface area contributed by atoms with Crippen LogP contribution in [0.4, 0.5) is 0 Å². The first-order valence-corrected chi connectivity index (χ1v) is 12.0. The van der Waals surface area contributed by atoms with Crippen molar-refractivity contribution in [2.45, 2.75) is 63.1 Å². The normalized spacial score (nSPS) is 38.4. The van der Waals surface area contributed by atoms with E-state index in [1.165, 1.54) is 12.1 Å². The fourth-order valence-electron chi connectivity index (χ4n) is 5.28. The van der Waals surface area contributed by atoms with Crippen LogP contribution in [0.5, 0.6) is 0 Å². The first-order chi connectivity index (χ1) is 18.0. The van der Waals surface area contributed by atoms with Crippen molar-refractivity contribution in [3.05, 3.63) is 47.7 Å². The summed E-state index contributed by atoms with van der Waals surface area (Å²) in [6.45, 7) is 2.12. The molecule has 5 N–H and O–H groups in total. The Labute approximate surface area is 217 Å². The number of ether oxygens (including phenoxy) is 5. The molecular formula is C25H30O13. The zero-order chi connectivity index (χ0) is 27.7. The molecule has 208 valence electrons. The number of rotatable bonds is 7. The topological polar surface area (TPSA) is 199 Å². The molecule has 2 aliphatic heterocycles. The molecule has 38 heavy (non-hydrogen) atoms. The molecule has 2 heterocycles. The number of aliphatic hydroxyl groups is 4. The summed E-state index contributed by atoms with van der Waals surface area (Å²) in [5.74, 6) is -5.45. The average Bonchev–Trinajstić information content (AvgIpc) is 3.15. The van der Waals surface area contributed by atoms with E-state index in [2.05, 4.69) is 0 Å². The highest BCUT2D eigenvalue weighted by Crippen LogP contribution is 2.50. The van der Waals surface area contributed by atoms with Gasteiger partial charge in [-0.2, -0.15) is 0 Å². The van der Waals surface area contributed by atoms with E-state index < -0.39 is 91.5 Å². The summed E-state index contributed by atoms with van der Waals surface area (Å²) >= 11 is 0. The number of carboxylic acid groups (broad SMARTS) is 1. The zero-order valence-corrected chi connectivity index (χ0v) is 20.5. The van der Waals surface area contributed by atoms with E-state index in [-0.39, 0.29) is 11.1 Å². The molecule has 0 radical (unpaired) electrons. The fraction of sp³-hybridized carbons (Fsp3) is 0.560. The molecule has 1 saturated heterocycles. The van der Waals surface area contributed by atoms with Crippen LogP contribution in [-0.4, -0.2) is 99.3 Å². The first-order valence-electron chi connectivity index (χ1n) is 12.0. The van der Waals surface area contributed by atoms with Gasteiger partial charge in [-0.25, -0.2) is 9.59 Å². The molecule has 1 aromatic rings. The van der Waals surface area contributed by atoms with Gasteiger partial charge in [-0.3, -0.25) is 4.79 Å². The Hall–Kier alpha value is -3.07. The van der Waals surface area contributed by atoms with Gasteiger partial charge in [0.05, 0.1) is 24.0 Å². The predicted octanol–water partition coefficient (Wildman–Crippen LogP) is -0.833. The standard InChI is InChI=1S/C25H30O13/c1-10-15-16(21(20(10)35-11(2)27)37-23(33)12-6-4-3-5-7-12)13(22(31)32)9-34-24(15)38-25-19(30)18(29)17(28)14(8-26)36-25/h3-7,9-10,14-21,24-26,28-30H,8H2,1-2H3,(H,31,32)/t10-,14+,15-,16+,17+,18-,19+,20-,21+,24-,25-/m1/s1. The minimum absolute atomic E-state index is 0.201. The van der Waals surface area contributed by atoms with Crippen LogP contribution in [0.25, 0.3) is 0 Å². The average molecular weight is 539 g/mol. The Morgan fingerprint density at radius 3 is 2.24 bits per heavy atom. The van der Waals surface area contributed by atoms with Crippen molar-refractivity contribution in [3.63, 3.8) is 0 Å². The lowest BCUT2D eigenvalue weighted by atomic mass is 9.82. The molecule has 11 atom stereocenters. The third kappa shape index (κ3) is 5.25. The zero-order valence-electron chi connectivity index (χ0n) is 20.5. The van der Waals surface area contributed by atoms with Crippen LogP contribution in [0, 0.1) is 17.8 Å². The van der Waals surface area contributed by atoms with Gasteiger partial charge in [0.1, 0.15) is 36.6 Å². The molecule has 4 rings (SSSR count). The maximum absolute atomic E-state index is 12.9. The lowest BCUT2D eigenvalue weighted by Crippen LogP contribution is -2.60. The Morgan fingerprint density at radius 1 is 0.947 bits per heavy atom. The number of esters is 2. The molecule has 13 heteroatoms. The predicted molar refractivity (Wildman–Crippen MR) is 123 cm³/mol. The monoisotopic (exact) mass is 538 g/mol. The minimum atomic E-state index is -1.74. The third-order valence-corrected chi connectivity index (χ3v) is 7.14. The second-order valence-corrected chi connectivity index (χ2v) is 9.49. The number of hydrogen-bond acceptors (Lipinski definition) is 12. The lowest BCUT2D eigenvalue weighted by Gasteiger charge is -2.43. The molecule has 0 spiro atoms. The maximum Gasteiger partial charge on any atom is 0.338 e. The van der Waals surface area contributed by atoms with Crippen molar-refractivity contribution < 1.29 is 63.6 Å². The highest BCUT2D eigenvalue weighted by Gasteiger charge is 2.61. The molecule has 0 aromatic heterocycles. The van der Waals surface area contributed by atoms with Crippen LogP contribution in [0.1, 0.15) is 24.2 Å². The van der Waals surface area contributed by atoms with Crippen LogP contribution in [-0.2, 0) is 33.3 Å². The summed E-state index contributed by atoms with van der Waals surface area (Å²) in [5.41, 5.74) is -0.0526. The number of carbonyl (C=O) groups is 3. The van der Waals surface area contributed by atoms with Crippen LogP contribution in [0.3, 0.4) is 0 Å². The second kappa shape index (κ2) is 11.4. The summed E-state index contributed by atoms with van der Waals surface area (Å²) in [7, 11) is 0. The summed E-state index contributed by atoms with van der Waals surface area (Å²) < 4.78 is 28.0. The van der Waals surface area contributed by atoms with Gasteiger partial charge in [0, 0.05) is 24.7 Å². The highest BCUT2D eigenvalue weighted by atomic mass is 16.8. The van der Waals surface area contributed by atoms with Gasteiger partial charge in [0.25, 0.3) is 0 Å². The molecule has 3 aliphatic rings. The molecule has 1 aliphatic carbocycles. The van der Waals surface area contributed by atoms with E-state index in [0.29, 0.717) is 0 Å². The lowest BCUT2D eigenvalue weighted by molar-refractivity contribution is -0.343. The van der Waals surface area contributed by atoms with Crippen molar-refractivity contribution in [3.8, 4) is 0 Å². The largest absolute Gasteiger partial charge is 0.478 e. The van der Waals surface area contributed by atoms with Crippen LogP contribution in [0.15, 0.2) is 42.2 Å². The van der Waals surface area contributed by atoms with Crippen LogP contribution in [0.2, 0.25) is 0 Å². The molecule has 0 unspecified atom stereocenters. The minimum Gasteiger partial charge on any atom is -0.478 e. The number of carbonyl (C=O) groups excluding carboxylic acids is 2. The van der Waals surface area contributed by atoms with Gasteiger partial charge < -0.3 is 49.2 Å². The smallest absolute Gasteiger partial charge is 0.338 e. The van der Waals surface area contributed by atoms with Gasteiger partial charge in [0.15, 0.2) is 6.29 Å². The molecule has 2 fully saturated rings. The summed E-state index contributed by atoms with van der Waals surface area (Å²) in [6.07, 6.45) is -10.6. The number of carboxylic acids is 1. The number of fused-ring (bicyclic) bond motifs is 1. The van der Waals surface area contributed by atoms with Crippen molar-refractivity contribution in [1.29, 1.82) is 0 Å². The third-order valence-electron chi connectivity index (χ3n) is 7.14. The number of hydrogen-bond donors (Lipinski definition) is 5. The summed E-state index contributed by atoms with van der Waals surface area (Å²) in [5, 5.41) is 50.0. The van der Waals surface area contributed by atoms with Crippen molar-refractivity contribution >= 4 is 17.9 Å². The first kappa shape index (κ1) is 28.0. The van der Waals surface area contributed by atoms with Crippen LogP contribution >= 0.6 is 0 Å².